The third-order valence-electron chi connectivity index (χ3n) is 3.49. The average Bonchev–Trinajstić information content (AvgIpc) is 2.37. The molecule has 0 radical (unpaired) electrons. The van der Waals surface area contributed by atoms with Gasteiger partial charge in [0.05, 0.1) is 0 Å². The van der Waals surface area contributed by atoms with Crippen molar-refractivity contribution in [1.29, 1.82) is 0 Å². The van der Waals surface area contributed by atoms with E-state index in [9.17, 15) is 4.79 Å². The van der Waals surface area contributed by atoms with Gasteiger partial charge in [0.1, 0.15) is 0 Å². The molecule has 0 aromatic heterocycles. The van der Waals surface area contributed by atoms with Crippen molar-refractivity contribution in [2.45, 2.75) is 46.0 Å². The second-order valence-corrected chi connectivity index (χ2v) is 6.05. The minimum atomic E-state index is 0.0919. The van der Waals surface area contributed by atoms with Crippen LogP contribution in [0.1, 0.15) is 43.2 Å². The molecule has 1 aliphatic carbocycles. The van der Waals surface area contributed by atoms with E-state index in [1.54, 1.807) is 0 Å². The predicted molar refractivity (Wildman–Crippen MR) is 83.4 cm³/mol. The maximum absolute atomic E-state index is 12.0. The largest absolute Gasteiger partial charge is 0.326 e. The van der Waals surface area contributed by atoms with Crippen LogP contribution in [0.15, 0.2) is 28.3 Å². The van der Waals surface area contributed by atoms with Crippen LogP contribution < -0.4 is 5.32 Å². The lowest BCUT2D eigenvalue weighted by atomic mass is 9.97. The first-order valence-corrected chi connectivity index (χ1v) is 7.60. The zero-order valence-electron chi connectivity index (χ0n) is 11.6. The summed E-state index contributed by atoms with van der Waals surface area (Å²) in [5.41, 5.74) is 4.47. The Morgan fingerprint density at radius 1 is 1.26 bits per heavy atom. The van der Waals surface area contributed by atoms with Crippen molar-refractivity contribution >= 4 is 27.5 Å². The number of halogens is 1. The monoisotopic (exact) mass is 321 g/mol. The smallest absolute Gasteiger partial charge is 0.228 e. The molecule has 0 bridgehead atoms. The van der Waals surface area contributed by atoms with Crippen molar-refractivity contribution in [2.75, 3.05) is 5.32 Å². The average molecular weight is 322 g/mol. The molecule has 1 aliphatic rings. The number of allylic oxidation sites excluding steroid dienone is 1. The molecule has 1 aromatic rings. The maximum atomic E-state index is 12.0. The number of carbonyl (C=O) groups excluding carboxylic acids is 1. The first-order valence-electron chi connectivity index (χ1n) is 6.81. The van der Waals surface area contributed by atoms with Crippen LogP contribution in [0.3, 0.4) is 0 Å². The standard InChI is InChI=1S/C16H20BrNO/c1-11-8-14(9-12(2)16(11)17)18-15(19)10-13-6-4-3-5-7-13/h6,8-9H,3-5,7,10H2,1-2H3,(H,18,19). The topological polar surface area (TPSA) is 29.1 Å². The molecule has 1 aromatic carbocycles. The molecular formula is C16H20BrNO. The van der Waals surface area contributed by atoms with E-state index >= 15 is 0 Å². The zero-order chi connectivity index (χ0) is 13.8. The van der Waals surface area contributed by atoms with Gasteiger partial charge in [-0.3, -0.25) is 4.79 Å². The van der Waals surface area contributed by atoms with Crippen molar-refractivity contribution in [3.8, 4) is 0 Å². The van der Waals surface area contributed by atoms with Gasteiger partial charge < -0.3 is 5.32 Å². The van der Waals surface area contributed by atoms with Gasteiger partial charge >= 0.3 is 0 Å². The van der Waals surface area contributed by atoms with Gasteiger partial charge in [-0.15, -0.1) is 0 Å². The van der Waals surface area contributed by atoms with E-state index in [-0.39, 0.29) is 5.91 Å². The summed E-state index contributed by atoms with van der Waals surface area (Å²) < 4.78 is 1.11. The summed E-state index contributed by atoms with van der Waals surface area (Å²) in [5.74, 6) is 0.0919. The van der Waals surface area contributed by atoms with E-state index in [2.05, 4.69) is 27.3 Å². The normalized spacial score (nSPS) is 15.0. The van der Waals surface area contributed by atoms with Crippen molar-refractivity contribution < 1.29 is 4.79 Å². The first kappa shape index (κ1) is 14.3. The molecule has 2 rings (SSSR count). The fourth-order valence-electron chi connectivity index (χ4n) is 2.49. The van der Waals surface area contributed by atoms with E-state index < -0.39 is 0 Å². The Kier molecular flexibility index (Phi) is 4.81. The van der Waals surface area contributed by atoms with E-state index in [0.717, 1.165) is 34.1 Å². The van der Waals surface area contributed by atoms with Crippen molar-refractivity contribution in [3.05, 3.63) is 39.4 Å². The summed E-state index contributed by atoms with van der Waals surface area (Å²) in [5, 5.41) is 3.00. The van der Waals surface area contributed by atoms with Crippen LogP contribution in [0.2, 0.25) is 0 Å². The van der Waals surface area contributed by atoms with E-state index in [1.165, 1.54) is 18.4 Å². The second kappa shape index (κ2) is 6.38. The number of anilines is 1. The maximum Gasteiger partial charge on any atom is 0.228 e. The van der Waals surface area contributed by atoms with Gasteiger partial charge in [-0.25, -0.2) is 0 Å². The summed E-state index contributed by atoms with van der Waals surface area (Å²) in [7, 11) is 0. The van der Waals surface area contributed by atoms with E-state index in [1.807, 2.05) is 26.0 Å². The number of hydrogen-bond donors (Lipinski definition) is 1. The lowest BCUT2D eigenvalue weighted by Gasteiger charge is -2.13. The van der Waals surface area contributed by atoms with Gasteiger partial charge in [-0.05, 0) is 62.8 Å². The van der Waals surface area contributed by atoms with Crippen LogP contribution in [0.25, 0.3) is 0 Å². The Hall–Kier alpha value is -1.09. The van der Waals surface area contributed by atoms with Crippen molar-refractivity contribution in [2.24, 2.45) is 0 Å². The molecule has 0 fully saturated rings. The fourth-order valence-corrected chi connectivity index (χ4v) is 2.72. The van der Waals surface area contributed by atoms with Crippen LogP contribution >= 0.6 is 15.9 Å². The minimum absolute atomic E-state index is 0.0919. The molecule has 0 unspecified atom stereocenters. The third kappa shape index (κ3) is 3.93. The minimum Gasteiger partial charge on any atom is -0.326 e. The summed E-state index contributed by atoms with van der Waals surface area (Å²) >= 11 is 3.54. The molecule has 0 aliphatic heterocycles. The lowest BCUT2D eigenvalue weighted by Crippen LogP contribution is -2.13. The Labute approximate surface area is 123 Å². The molecule has 0 atom stereocenters. The molecule has 3 heteroatoms. The highest BCUT2D eigenvalue weighted by molar-refractivity contribution is 9.10. The number of hydrogen-bond acceptors (Lipinski definition) is 1. The van der Waals surface area contributed by atoms with Crippen LogP contribution in [0.4, 0.5) is 5.69 Å². The Morgan fingerprint density at radius 2 is 1.95 bits per heavy atom. The SMILES string of the molecule is Cc1cc(NC(=O)CC2=CCCCC2)cc(C)c1Br. The van der Waals surface area contributed by atoms with Crippen molar-refractivity contribution in [1.82, 2.24) is 0 Å². The van der Waals surface area contributed by atoms with Gasteiger partial charge in [-0.1, -0.05) is 27.6 Å². The van der Waals surface area contributed by atoms with E-state index in [4.69, 9.17) is 0 Å². The van der Waals surface area contributed by atoms with Crippen LogP contribution in [0.5, 0.6) is 0 Å². The molecular weight excluding hydrogens is 302 g/mol. The quantitative estimate of drug-likeness (QED) is 0.788. The second-order valence-electron chi connectivity index (χ2n) is 5.26. The number of amides is 1. The van der Waals surface area contributed by atoms with Crippen LogP contribution in [-0.2, 0) is 4.79 Å². The molecule has 19 heavy (non-hydrogen) atoms. The summed E-state index contributed by atoms with van der Waals surface area (Å²) in [6.07, 6.45) is 7.44. The first-order chi connectivity index (χ1) is 9.06. The van der Waals surface area contributed by atoms with Crippen LogP contribution in [0, 0.1) is 13.8 Å². The molecule has 2 nitrogen and oxygen atoms in total. The molecule has 1 N–H and O–H groups in total. The van der Waals surface area contributed by atoms with Gasteiger partial charge in [0.25, 0.3) is 0 Å². The van der Waals surface area contributed by atoms with Gasteiger partial charge in [0.2, 0.25) is 5.91 Å². The highest BCUT2D eigenvalue weighted by Crippen LogP contribution is 2.26. The summed E-state index contributed by atoms with van der Waals surface area (Å²) in [6.45, 7) is 4.08. The Morgan fingerprint density at radius 3 is 2.53 bits per heavy atom. The molecule has 0 saturated heterocycles. The predicted octanol–water partition coefficient (Wildman–Crippen LogP) is 4.89. The number of carbonyl (C=O) groups is 1. The number of nitrogens with one attached hydrogen (secondary N) is 1. The molecule has 0 heterocycles. The third-order valence-corrected chi connectivity index (χ3v) is 4.74. The Balaban J connectivity index is 2.00. The molecule has 102 valence electrons. The summed E-state index contributed by atoms with van der Waals surface area (Å²) in [4.78, 5) is 12.0. The van der Waals surface area contributed by atoms with E-state index in [0.29, 0.717) is 6.42 Å². The fraction of sp³-hybridized carbons (Fsp3) is 0.438. The molecule has 0 saturated carbocycles. The number of aryl methyl sites for hydroxylation is 2. The van der Waals surface area contributed by atoms with Crippen LogP contribution in [-0.4, -0.2) is 5.91 Å². The zero-order valence-corrected chi connectivity index (χ0v) is 13.1. The highest BCUT2D eigenvalue weighted by Gasteiger charge is 2.10. The number of rotatable bonds is 3. The lowest BCUT2D eigenvalue weighted by molar-refractivity contribution is -0.115. The molecule has 0 spiro atoms. The highest BCUT2D eigenvalue weighted by atomic mass is 79.9. The number of benzene rings is 1. The molecule has 1 amide bonds. The van der Waals surface area contributed by atoms with Crippen molar-refractivity contribution in [3.63, 3.8) is 0 Å². The Bertz CT molecular complexity index is 496. The van der Waals surface area contributed by atoms with Gasteiger partial charge in [0, 0.05) is 16.6 Å². The summed E-state index contributed by atoms with van der Waals surface area (Å²) in [6, 6.07) is 4.01. The van der Waals surface area contributed by atoms with Gasteiger partial charge in [-0.2, -0.15) is 0 Å². The van der Waals surface area contributed by atoms with Gasteiger partial charge in [0.15, 0.2) is 0 Å².